The highest BCUT2D eigenvalue weighted by Crippen LogP contribution is 2.28. The molecular formula is C14H21BrN2O2. The summed E-state index contributed by atoms with van der Waals surface area (Å²) in [5.74, 6) is 0.429. The standard InChI is InChI=1S/C14H21BrN2O2/c1-5-14(3,4)17-13(18)9(2)19-12-8-10(16)6-7-11(12)15/h6-9H,5,16H2,1-4H3,(H,17,18). The lowest BCUT2D eigenvalue weighted by atomic mass is 10.0. The second-order valence-corrected chi connectivity index (χ2v) is 6.03. The molecule has 1 unspecified atom stereocenters. The van der Waals surface area contributed by atoms with Gasteiger partial charge in [0.05, 0.1) is 4.47 Å². The number of amides is 1. The van der Waals surface area contributed by atoms with Crippen LogP contribution < -0.4 is 15.8 Å². The van der Waals surface area contributed by atoms with Gasteiger partial charge in [-0.3, -0.25) is 4.79 Å². The van der Waals surface area contributed by atoms with Gasteiger partial charge in [-0.25, -0.2) is 0 Å². The average molecular weight is 329 g/mol. The molecule has 0 spiro atoms. The topological polar surface area (TPSA) is 64.3 Å². The molecule has 0 radical (unpaired) electrons. The molecule has 1 aromatic carbocycles. The molecule has 3 N–H and O–H groups in total. The van der Waals surface area contributed by atoms with Gasteiger partial charge in [0.2, 0.25) is 0 Å². The summed E-state index contributed by atoms with van der Waals surface area (Å²) < 4.78 is 6.41. The molecule has 4 nitrogen and oxygen atoms in total. The van der Waals surface area contributed by atoms with E-state index < -0.39 is 6.10 Å². The van der Waals surface area contributed by atoms with Gasteiger partial charge >= 0.3 is 0 Å². The van der Waals surface area contributed by atoms with E-state index >= 15 is 0 Å². The lowest BCUT2D eigenvalue weighted by Gasteiger charge is -2.26. The molecule has 1 aromatic rings. The molecular weight excluding hydrogens is 308 g/mol. The number of nitrogens with two attached hydrogens (primary N) is 1. The van der Waals surface area contributed by atoms with E-state index in [4.69, 9.17) is 10.5 Å². The van der Waals surface area contributed by atoms with E-state index in [0.717, 1.165) is 10.9 Å². The SMILES string of the molecule is CCC(C)(C)NC(=O)C(C)Oc1cc(N)ccc1Br. The smallest absolute Gasteiger partial charge is 0.261 e. The van der Waals surface area contributed by atoms with Crippen LogP contribution in [0.15, 0.2) is 22.7 Å². The third-order valence-corrected chi connectivity index (χ3v) is 3.63. The first-order valence-corrected chi connectivity index (χ1v) is 7.08. The number of benzene rings is 1. The molecule has 0 saturated carbocycles. The molecule has 0 saturated heterocycles. The highest BCUT2D eigenvalue weighted by atomic mass is 79.9. The van der Waals surface area contributed by atoms with E-state index in [2.05, 4.69) is 21.2 Å². The van der Waals surface area contributed by atoms with E-state index in [-0.39, 0.29) is 11.4 Å². The molecule has 0 aromatic heterocycles. The largest absolute Gasteiger partial charge is 0.480 e. The summed E-state index contributed by atoms with van der Waals surface area (Å²) in [4.78, 5) is 12.0. The van der Waals surface area contributed by atoms with Crippen molar-refractivity contribution in [3.8, 4) is 5.75 Å². The second kappa shape index (κ2) is 6.28. The Hall–Kier alpha value is -1.23. The van der Waals surface area contributed by atoms with Gasteiger partial charge in [-0.1, -0.05) is 6.92 Å². The Labute approximate surface area is 122 Å². The van der Waals surface area contributed by atoms with Crippen LogP contribution in [0.1, 0.15) is 34.1 Å². The Morgan fingerprint density at radius 1 is 1.53 bits per heavy atom. The van der Waals surface area contributed by atoms with Gasteiger partial charge < -0.3 is 15.8 Å². The van der Waals surface area contributed by atoms with Crippen molar-refractivity contribution in [2.45, 2.75) is 45.8 Å². The Morgan fingerprint density at radius 3 is 2.74 bits per heavy atom. The van der Waals surface area contributed by atoms with Crippen LogP contribution >= 0.6 is 15.9 Å². The molecule has 1 amide bonds. The maximum atomic E-state index is 12.0. The number of carbonyl (C=O) groups is 1. The van der Waals surface area contributed by atoms with Crippen molar-refractivity contribution in [2.24, 2.45) is 0 Å². The number of rotatable bonds is 5. The minimum absolute atomic E-state index is 0.138. The second-order valence-electron chi connectivity index (χ2n) is 5.18. The number of carbonyl (C=O) groups excluding carboxylic acids is 1. The molecule has 0 aliphatic rings. The Bertz CT molecular complexity index is 461. The van der Waals surface area contributed by atoms with Crippen LogP contribution in [0.25, 0.3) is 0 Å². The van der Waals surface area contributed by atoms with E-state index in [1.807, 2.05) is 20.8 Å². The van der Waals surface area contributed by atoms with Crippen LogP contribution in [-0.2, 0) is 4.79 Å². The summed E-state index contributed by atoms with van der Waals surface area (Å²) in [6, 6.07) is 5.26. The maximum absolute atomic E-state index is 12.0. The first-order chi connectivity index (χ1) is 8.75. The molecule has 1 atom stereocenters. The fourth-order valence-electron chi connectivity index (χ4n) is 1.38. The van der Waals surface area contributed by atoms with Crippen LogP contribution in [-0.4, -0.2) is 17.6 Å². The number of hydrogen-bond acceptors (Lipinski definition) is 3. The predicted molar refractivity (Wildman–Crippen MR) is 81.2 cm³/mol. The molecule has 0 bridgehead atoms. The number of nitrogen functional groups attached to an aromatic ring is 1. The number of anilines is 1. The van der Waals surface area contributed by atoms with Crippen molar-refractivity contribution in [3.63, 3.8) is 0 Å². The van der Waals surface area contributed by atoms with Crippen molar-refractivity contribution < 1.29 is 9.53 Å². The highest BCUT2D eigenvalue weighted by Gasteiger charge is 2.23. The van der Waals surface area contributed by atoms with E-state index in [1.165, 1.54) is 0 Å². The van der Waals surface area contributed by atoms with Crippen LogP contribution in [0.4, 0.5) is 5.69 Å². The Morgan fingerprint density at radius 2 is 2.16 bits per heavy atom. The van der Waals surface area contributed by atoms with Crippen molar-refractivity contribution in [1.29, 1.82) is 0 Å². The molecule has 19 heavy (non-hydrogen) atoms. The van der Waals surface area contributed by atoms with Crippen molar-refractivity contribution in [3.05, 3.63) is 22.7 Å². The van der Waals surface area contributed by atoms with Crippen molar-refractivity contribution >= 4 is 27.5 Å². The average Bonchev–Trinajstić information content (AvgIpc) is 2.33. The van der Waals surface area contributed by atoms with Crippen molar-refractivity contribution in [1.82, 2.24) is 5.32 Å². The fraction of sp³-hybridized carbons (Fsp3) is 0.500. The Kier molecular flexibility index (Phi) is 5.23. The van der Waals surface area contributed by atoms with Gasteiger partial charge in [-0.05, 0) is 55.3 Å². The van der Waals surface area contributed by atoms with Gasteiger partial charge in [-0.15, -0.1) is 0 Å². The third kappa shape index (κ3) is 4.74. The van der Waals surface area contributed by atoms with Crippen LogP contribution in [0.5, 0.6) is 5.75 Å². The minimum atomic E-state index is -0.580. The summed E-state index contributed by atoms with van der Waals surface area (Å²) in [5.41, 5.74) is 6.06. The first-order valence-electron chi connectivity index (χ1n) is 6.29. The predicted octanol–water partition coefficient (Wildman–Crippen LogP) is 3.10. The molecule has 1 rings (SSSR count). The molecule has 0 heterocycles. The summed E-state index contributed by atoms with van der Waals surface area (Å²) in [5, 5.41) is 2.95. The molecule has 5 heteroatoms. The van der Waals surface area contributed by atoms with Gasteiger partial charge in [0.25, 0.3) is 5.91 Å². The summed E-state index contributed by atoms with van der Waals surface area (Å²) >= 11 is 3.37. The quantitative estimate of drug-likeness (QED) is 0.816. The molecule has 0 aliphatic heterocycles. The zero-order valence-electron chi connectivity index (χ0n) is 11.8. The summed E-state index contributed by atoms with van der Waals surface area (Å²) in [6.45, 7) is 7.71. The van der Waals surface area contributed by atoms with Crippen LogP contribution in [0.3, 0.4) is 0 Å². The van der Waals surface area contributed by atoms with E-state index in [9.17, 15) is 4.79 Å². The zero-order valence-corrected chi connectivity index (χ0v) is 13.4. The lowest BCUT2D eigenvalue weighted by Crippen LogP contribution is -2.48. The normalized spacial score (nSPS) is 12.9. The monoisotopic (exact) mass is 328 g/mol. The molecule has 0 fully saturated rings. The molecule has 106 valence electrons. The van der Waals surface area contributed by atoms with Gasteiger partial charge in [0.15, 0.2) is 6.10 Å². The maximum Gasteiger partial charge on any atom is 0.261 e. The fourth-order valence-corrected chi connectivity index (χ4v) is 1.72. The van der Waals surface area contributed by atoms with Gasteiger partial charge in [0.1, 0.15) is 5.75 Å². The van der Waals surface area contributed by atoms with Gasteiger partial charge in [0, 0.05) is 17.3 Å². The number of halogens is 1. The first kappa shape index (κ1) is 15.8. The van der Waals surface area contributed by atoms with E-state index in [1.54, 1.807) is 25.1 Å². The highest BCUT2D eigenvalue weighted by molar-refractivity contribution is 9.10. The zero-order chi connectivity index (χ0) is 14.6. The third-order valence-electron chi connectivity index (χ3n) is 2.97. The summed E-state index contributed by atoms with van der Waals surface area (Å²) in [6.07, 6.45) is 0.275. The van der Waals surface area contributed by atoms with Crippen molar-refractivity contribution in [2.75, 3.05) is 5.73 Å². The lowest BCUT2D eigenvalue weighted by molar-refractivity contribution is -0.129. The van der Waals surface area contributed by atoms with Gasteiger partial charge in [-0.2, -0.15) is 0 Å². The Balaban J connectivity index is 2.71. The molecule has 0 aliphatic carbocycles. The number of nitrogens with one attached hydrogen (secondary N) is 1. The number of ether oxygens (including phenoxy) is 1. The number of hydrogen-bond donors (Lipinski definition) is 2. The summed E-state index contributed by atoms with van der Waals surface area (Å²) in [7, 11) is 0. The van der Waals surface area contributed by atoms with E-state index in [0.29, 0.717) is 11.4 Å². The van der Waals surface area contributed by atoms with Crippen LogP contribution in [0.2, 0.25) is 0 Å². The minimum Gasteiger partial charge on any atom is -0.480 e. The van der Waals surface area contributed by atoms with Crippen LogP contribution in [0, 0.1) is 0 Å².